The highest BCUT2D eigenvalue weighted by molar-refractivity contribution is 7.91. The summed E-state index contributed by atoms with van der Waals surface area (Å²) in [4.78, 5) is 39.3. The van der Waals surface area contributed by atoms with Crippen molar-refractivity contribution in [3.05, 3.63) is 50.8 Å². The van der Waals surface area contributed by atoms with Crippen molar-refractivity contribution in [3.8, 4) is 0 Å². The Bertz CT molecular complexity index is 1060. The molecule has 9 nitrogen and oxygen atoms in total. The average Bonchev–Trinajstić information content (AvgIpc) is 2.67. The van der Waals surface area contributed by atoms with Gasteiger partial charge in [-0.25, -0.2) is 8.42 Å². The molecule has 3 N–H and O–H groups in total. The molecule has 0 aliphatic carbocycles. The maximum absolute atomic E-state index is 12.7. The summed E-state index contributed by atoms with van der Waals surface area (Å²) in [6.45, 7) is 1.26. The van der Waals surface area contributed by atoms with Crippen LogP contribution >= 0.6 is 0 Å². The number of nitrogens with zero attached hydrogens (tertiary/aromatic N) is 2. The molecule has 1 heterocycles. The van der Waals surface area contributed by atoms with E-state index in [0.717, 1.165) is 4.57 Å². The van der Waals surface area contributed by atoms with E-state index in [1.165, 1.54) is 19.1 Å². The minimum atomic E-state index is -3.64. The van der Waals surface area contributed by atoms with Crippen LogP contribution in [0.4, 0.5) is 0 Å². The highest BCUT2D eigenvalue weighted by Crippen LogP contribution is 2.04. The molecule has 140 valence electrons. The third-order valence-corrected chi connectivity index (χ3v) is 5.63. The van der Waals surface area contributed by atoms with Gasteiger partial charge in [0.15, 0.2) is 9.84 Å². The Morgan fingerprint density at radius 1 is 1.23 bits per heavy atom. The quantitative estimate of drug-likeness (QED) is 0.638. The summed E-state index contributed by atoms with van der Waals surface area (Å²) in [5.74, 6) is -1.97. The number of carboxylic acids is 1. The Labute approximate surface area is 149 Å². The number of nitrogens with two attached hydrogens (primary N) is 1. The molecule has 0 saturated heterocycles. The summed E-state index contributed by atoms with van der Waals surface area (Å²) in [6, 6.07) is 4.92. The monoisotopic (exact) mass is 381 g/mol. The minimum Gasteiger partial charge on any atom is -0.480 e. The van der Waals surface area contributed by atoms with E-state index in [-0.39, 0.29) is 29.6 Å². The summed E-state index contributed by atoms with van der Waals surface area (Å²) in [5, 5.41) is 9.03. The van der Waals surface area contributed by atoms with Crippen LogP contribution in [0.3, 0.4) is 0 Å². The second kappa shape index (κ2) is 7.75. The molecule has 10 heteroatoms. The maximum Gasteiger partial charge on any atom is 0.320 e. The lowest BCUT2D eigenvalue weighted by Gasteiger charge is -2.09. The molecule has 0 unspecified atom stereocenters. The van der Waals surface area contributed by atoms with Gasteiger partial charge in [-0.3, -0.25) is 19.0 Å². The van der Waals surface area contributed by atoms with Crippen LogP contribution in [0.25, 0.3) is 10.8 Å². The van der Waals surface area contributed by atoms with Gasteiger partial charge in [0.2, 0.25) is 0 Å². The number of carbonyl (C=O) groups is 1. The van der Waals surface area contributed by atoms with Crippen LogP contribution < -0.4 is 16.9 Å². The number of carboxylic acid groups (broad SMARTS) is 1. The molecule has 0 bridgehead atoms. The molecule has 0 saturated carbocycles. The topological polar surface area (TPSA) is 149 Å². The fraction of sp³-hybridized carbons (Fsp3) is 0.375. The first-order chi connectivity index (χ1) is 12.1. The van der Waals surface area contributed by atoms with E-state index in [0.29, 0.717) is 0 Å². The lowest BCUT2D eigenvalue weighted by atomic mass is 10.2. The fourth-order valence-electron chi connectivity index (χ4n) is 2.44. The summed E-state index contributed by atoms with van der Waals surface area (Å²) in [5.41, 5.74) is 4.24. The van der Waals surface area contributed by atoms with Crippen molar-refractivity contribution in [3.63, 3.8) is 0 Å². The zero-order valence-corrected chi connectivity index (χ0v) is 14.9. The van der Waals surface area contributed by atoms with Crippen molar-refractivity contribution in [1.29, 1.82) is 0 Å². The molecule has 26 heavy (non-hydrogen) atoms. The Balaban J connectivity index is 2.32. The van der Waals surface area contributed by atoms with Crippen molar-refractivity contribution < 1.29 is 18.3 Å². The molecule has 0 radical (unpaired) electrons. The minimum absolute atomic E-state index is 0.105. The molecule has 0 spiro atoms. The van der Waals surface area contributed by atoms with E-state index in [1.807, 2.05) is 0 Å². The van der Waals surface area contributed by atoms with Gasteiger partial charge in [0.25, 0.3) is 11.1 Å². The van der Waals surface area contributed by atoms with Crippen molar-refractivity contribution in [1.82, 2.24) is 9.55 Å². The third-order valence-electron chi connectivity index (χ3n) is 3.97. The van der Waals surface area contributed by atoms with Gasteiger partial charge in [0, 0.05) is 6.54 Å². The normalized spacial score (nSPS) is 12.8. The number of hydrogen-bond acceptors (Lipinski definition) is 7. The highest BCUT2D eigenvalue weighted by atomic mass is 32.2. The van der Waals surface area contributed by atoms with Crippen LogP contribution in [-0.4, -0.2) is 46.6 Å². The van der Waals surface area contributed by atoms with Gasteiger partial charge in [0.1, 0.15) is 11.9 Å². The van der Waals surface area contributed by atoms with Gasteiger partial charge in [0.05, 0.1) is 22.3 Å². The van der Waals surface area contributed by atoms with Crippen LogP contribution in [0.1, 0.15) is 12.2 Å². The summed E-state index contributed by atoms with van der Waals surface area (Å²) >= 11 is 0. The Morgan fingerprint density at radius 3 is 2.46 bits per heavy atom. The molecule has 0 aliphatic rings. The molecule has 0 fully saturated rings. The van der Waals surface area contributed by atoms with Gasteiger partial charge in [-0.1, -0.05) is 12.1 Å². The third kappa shape index (κ3) is 4.52. The number of aryl methyl sites for hydroxylation is 1. The first-order valence-electron chi connectivity index (χ1n) is 7.81. The van der Waals surface area contributed by atoms with E-state index in [9.17, 15) is 22.8 Å². The number of aliphatic carboxylic acids is 1. The molecule has 2 rings (SSSR count). The van der Waals surface area contributed by atoms with Crippen molar-refractivity contribution in [2.24, 2.45) is 5.73 Å². The number of rotatable bonds is 7. The predicted octanol–water partition coefficient (Wildman–Crippen LogP) is -0.718. The van der Waals surface area contributed by atoms with Gasteiger partial charge in [-0.05, 0) is 25.5 Å². The Hall–Kier alpha value is -2.59. The van der Waals surface area contributed by atoms with Gasteiger partial charge in [-0.15, -0.1) is 0 Å². The zero-order valence-electron chi connectivity index (χ0n) is 14.1. The van der Waals surface area contributed by atoms with Crippen LogP contribution in [-0.2, 0) is 21.2 Å². The SMILES string of the molecule is Cc1nc(=O)c2ccccc2c(=O)n1CCS(=O)(=O)CC[C@H](N)C(=O)O. The van der Waals surface area contributed by atoms with E-state index < -0.39 is 44.5 Å². The van der Waals surface area contributed by atoms with E-state index in [1.54, 1.807) is 12.1 Å². The van der Waals surface area contributed by atoms with Crippen molar-refractivity contribution >= 4 is 26.6 Å². The predicted molar refractivity (Wildman–Crippen MR) is 95.9 cm³/mol. The fourth-order valence-corrected chi connectivity index (χ4v) is 3.72. The summed E-state index contributed by atoms with van der Waals surface area (Å²) in [6.07, 6.45) is -0.222. The zero-order chi connectivity index (χ0) is 19.5. The number of fused-ring (bicyclic) bond motifs is 1. The number of aromatic nitrogens is 2. The molecule has 2 aromatic rings. The second-order valence-corrected chi connectivity index (χ2v) is 8.16. The molecule has 0 amide bonds. The average molecular weight is 381 g/mol. The number of sulfone groups is 1. The number of benzene rings is 1. The summed E-state index contributed by atoms with van der Waals surface area (Å²) < 4.78 is 25.4. The first kappa shape index (κ1) is 19.7. The van der Waals surface area contributed by atoms with Crippen LogP contribution in [0, 0.1) is 6.92 Å². The molecule has 1 atom stereocenters. The van der Waals surface area contributed by atoms with Crippen LogP contribution in [0.15, 0.2) is 33.9 Å². The smallest absolute Gasteiger partial charge is 0.320 e. The van der Waals surface area contributed by atoms with Crippen LogP contribution in [0.2, 0.25) is 0 Å². The first-order valence-corrected chi connectivity index (χ1v) is 9.64. The molecular formula is C16H19N3O6S. The lowest BCUT2D eigenvalue weighted by molar-refractivity contribution is -0.138. The van der Waals surface area contributed by atoms with E-state index in [2.05, 4.69) is 4.98 Å². The second-order valence-electron chi connectivity index (χ2n) is 5.85. The van der Waals surface area contributed by atoms with E-state index >= 15 is 0 Å². The molecule has 0 aliphatic heterocycles. The largest absolute Gasteiger partial charge is 0.480 e. The lowest BCUT2D eigenvalue weighted by Crippen LogP contribution is -2.33. The van der Waals surface area contributed by atoms with Gasteiger partial charge >= 0.3 is 5.97 Å². The van der Waals surface area contributed by atoms with Crippen LogP contribution in [0.5, 0.6) is 0 Å². The molecule has 1 aromatic heterocycles. The number of hydrogen-bond donors (Lipinski definition) is 2. The van der Waals surface area contributed by atoms with Gasteiger partial charge < -0.3 is 10.8 Å². The molecular weight excluding hydrogens is 362 g/mol. The maximum atomic E-state index is 12.7. The van der Waals surface area contributed by atoms with Crippen molar-refractivity contribution in [2.75, 3.05) is 11.5 Å². The standard InChI is InChI=1S/C16H19N3O6S/c1-10-18-14(20)11-4-2-3-5-12(11)15(21)19(10)7-9-26(24,25)8-6-13(17)16(22)23/h2-5,13H,6-9,17H2,1H3,(H,22,23)/t13-/m0/s1. The van der Waals surface area contributed by atoms with E-state index in [4.69, 9.17) is 10.8 Å². The summed E-state index contributed by atoms with van der Waals surface area (Å²) in [7, 11) is -3.64. The van der Waals surface area contributed by atoms with Gasteiger partial charge in [-0.2, -0.15) is 4.98 Å². The highest BCUT2D eigenvalue weighted by Gasteiger charge is 2.18. The Morgan fingerprint density at radius 2 is 1.85 bits per heavy atom. The van der Waals surface area contributed by atoms with Crippen molar-refractivity contribution in [2.45, 2.75) is 25.9 Å². The Kier molecular flexibility index (Phi) is 5.88. The molecule has 1 aromatic carbocycles.